The first kappa shape index (κ1) is 23.3. The number of nitrogens with zero attached hydrogens (tertiary/aromatic N) is 2. The molecule has 1 aliphatic rings. The van der Waals surface area contributed by atoms with E-state index in [1.807, 2.05) is 0 Å². The van der Waals surface area contributed by atoms with Gasteiger partial charge in [-0.25, -0.2) is 19.3 Å². The van der Waals surface area contributed by atoms with E-state index in [1.165, 1.54) is 0 Å². The topological polar surface area (TPSA) is 112 Å². The van der Waals surface area contributed by atoms with Gasteiger partial charge in [0.15, 0.2) is 0 Å². The molecule has 28 heavy (non-hydrogen) atoms. The third-order valence-corrected chi connectivity index (χ3v) is 3.96. The van der Waals surface area contributed by atoms with Gasteiger partial charge in [-0.3, -0.25) is 9.59 Å². The fraction of sp³-hybridized carbons (Fsp3) is 0.556. The highest BCUT2D eigenvalue weighted by atomic mass is 17.0. The van der Waals surface area contributed by atoms with Gasteiger partial charge in [0, 0.05) is 24.0 Å². The van der Waals surface area contributed by atoms with E-state index >= 15 is 0 Å². The summed E-state index contributed by atoms with van der Waals surface area (Å²) in [6, 6.07) is 0. The normalized spacial score (nSPS) is 18.5. The largest absolute Gasteiger partial charge is 0.358 e. The van der Waals surface area contributed by atoms with Gasteiger partial charge in [0.2, 0.25) is 0 Å². The van der Waals surface area contributed by atoms with E-state index in [9.17, 15) is 19.2 Å². The maximum atomic E-state index is 12.5. The maximum absolute atomic E-state index is 12.5. The van der Waals surface area contributed by atoms with Crippen LogP contribution in [0.15, 0.2) is 25.3 Å². The van der Waals surface area contributed by atoms with Crippen molar-refractivity contribution in [3.05, 3.63) is 25.3 Å². The first-order chi connectivity index (χ1) is 13.4. The third kappa shape index (κ3) is 6.78. The summed E-state index contributed by atoms with van der Waals surface area (Å²) in [5, 5.41) is 1.13. The van der Waals surface area contributed by atoms with Crippen molar-refractivity contribution in [2.24, 2.45) is 11.8 Å². The van der Waals surface area contributed by atoms with Crippen LogP contribution in [0, 0.1) is 11.8 Å². The van der Waals surface area contributed by atoms with E-state index in [4.69, 9.17) is 19.4 Å². The van der Waals surface area contributed by atoms with E-state index in [1.54, 1.807) is 13.8 Å². The van der Waals surface area contributed by atoms with E-state index in [-0.39, 0.29) is 13.2 Å². The summed E-state index contributed by atoms with van der Waals surface area (Å²) in [6.07, 6.45) is 3.28. The average molecular weight is 398 g/mol. The minimum absolute atomic E-state index is 0.127. The second-order valence-electron chi connectivity index (χ2n) is 5.80. The summed E-state index contributed by atoms with van der Waals surface area (Å²) < 4.78 is 0. The molecule has 0 aliphatic heterocycles. The minimum atomic E-state index is -0.818. The Morgan fingerprint density at radius 3 is 1.36 bits per heavy atom. The molecule has 1 saturated carbocycles. The summed E-state index contributed by atoms with van der Waals surface area (Å²) in [5.74, 6) is -3.62. The van der Waals surface area contributed by atoms with Crippen LogP contribution in [0.3, 0.4) is 0 Å². The second-order valence-corrected chi connectivity index (χ2v) is 5.80. The van der Waals surface area contributed by atoms with E-state index in [0.717, 1.165) is 12.2 Å². The van der Waals surface area contributed by atoms with Crippen molar-refractivity contribution in [2.75, 3.05) is 13.2 Å². The molecule has 0 radical (unpaired) electrons. The monoisotopic (exact) mass is 398 g/mol. The number of rotatable bonds is 8. The molecule has 10 nitrogen and oxygen atoms in total. The highest BCUT2D eigenvalue weighted by Gasteiger charge is 2.37. The molecule has 0 atom stereocenters. The van der Waals surface area contributed by atoms with Gasteiger partial charge >= 0.3 is 11.9 Å². The lowest BCUT2D eigenvalue weighted by Gasteiger charge is -2.31. The predicted molar refractivity (Wildman–Crippen MR) is 95.0 cm³/mol. The lowest BCUT2D eigenvalue weighted by molar-refractivity contribution is -0.323. The van der Waals surface area contributed by atoms with Gasteiger partial charge in [-0.2, -0.15) is 0 Å². The van der Waals surface area contributed by atoms with Gasteiger partial charge in [-0.1, -0.05) is 13.2 Å². The zero-order chi connectivity index (χ0) is 21.1. The number of carbonyl (C=O) groups excluding carboxylic acids is 4. The van der Waals surface area contributed by atoms with Crippen LogP contribution < -0.4 is 0 Å². The fourth-order valence-corrected chi connectivity index (χ4v) is 2.63. The molecule has 1 rings (SSSR count). The molecule has 0 heterocycles. The number of hydrogen-bond donors (Lipinski definition) is 0. The van der Waals surface area contributed by atoms with Gasteiger partial charge in [-0.05, 0) is 50.0 Å². The number of hydroxylamine groups is 4. The van der Waals surface area contributed by atoms with Crippen LogP contribution in [0.5, 0.6) is 0 Å². The first-order valence-corrected chi connectivity index (χ1v) is 9.00. The third-order valence-electron chi connectivity index (χ3n) is 3.96. The molecule has 10 heteroatoms. The molecule has 1 aliphatic carbocycles. The quantitative estimate of drug-likeness (QED) is 0.448. The molecular formula is C18H26N2O8. The number of hydrogen-bond acceptors (Lipinski definition) is 8. The predicted octanol–water partition coefficient (Wildman–Crippen LogP) is 1.64. The molecule has 0 aromatic heterocycles. The van der Waals surface area contributed by atoms with Crippen molar-refractivity contribution in [1.29, 1.82) is 0 Å². The Morgan fingerprint density at radius 1 is 0.786 bits per heavy atom. The highest BCUT2D eigenvalue weighted by Crippen LogP contribution is 2.31. The SMILES string of the molecule is C=CC(=O)ON(OCC)C(=O)C1CCC(C(=O)N(OCC)OC(=O)C=C)CC1. The Balaban J connectivity index is 2.68. The van der Waals surface area contributed by atoms with Gasteiger partial charge in [-0.15, -0.1) is 0 Å². The van der Waals surface area contributed by atoms with Gasteiger partial charge in [0.1, 0.15) is 0 Å². The molecule has 0 aromatic rings. The van der Waals surface area contributed by atoms with Crippen LogP contribution in [0.2, 0.25) is 0 Å². The van der Waals surface area contributed by atoms with E-state index in [2.05, 4.69) is 13.2 Å². The summed E-state index contributed by atoms with van der Waals surface area (Å²) in [7, 11) is 0. The van der Waals surface area contributed by atoms with Crippen LogP contribution >= 0.6 is 0 Å². The standard InChI is InChI=1S/C18H26N2O8/c1-5-15(21)27-19(25-7-3)17(23)13-9-11-14(12-10-13)18(24)20(26-8-4)28-16(22)6-2/h5-6,13-14H,1-2,7-12H2,3-4H3. The molecule has 0 spiro atoms. The molecular weight excluding hydrogens is 372 g/mol. The molecule has 1 fully saturated rings. The Morgan fingerprint density at radius 2 is 1.11 bits per heavy atom. The lowest BCUT2D eigenvalue weighted by Crippen LogP contribution is -2.42. The van der Waals surface area contributed by atoms with Gasteiger partial charge in [0.25, 0.3) is 11.8 Å². The van der Waals surface area contributed by atoms with Crippen LogP contribution in [-0.4, -0.2) is 47.4 Å². The average Bonchev–Trinajstić information content (AvgIpc) is 2.71. The molecule has 0 unspecified atom stereocenters. The minimum Gasteiger partial charge on any atom is -0.307 e. The number of carbonyl (C=O) groups is 4. The highest BCUT2D eigenvalue weighted by molar-refractivity contribution is 5.85. The summed E-state index contributed by atoms with van der Waals surface area (Å²) >= 11 is 0. The van der Waals surface area contributed by atoms with Gasteiger partial charge < -0.3 is 9.68 Å². The van der Waals surface area contributed by atoms with Crippen LogP contribution in [0.25, 0.3) is 0 Å². The summed E-state index contributed by atoms with van der Waals surface area (Å²) in [4.78, 5) is 67.5. The summed E-state index contributed by atoms with van der Waals surface area (Å²) in [6.45, 7) is 10.1. The number of amides is 2. The van der Waals surface area contributed by atoms with Crippen molar-refractivity contribution in [3.63, 3.8) is 0 Å². The molecule has 0 aromatic carbocycles. The van der Waals surface area contributed by atoms with Crippen LogP contribution in [-0.2, 0) is 38.5 Å². The van der Waals surface area contributed by atoms with Crippen LogP contribution in [0.4, 0.5) is 0 Å². The Kier molecular flexibility index (Phi) is 9.89. The molecule has 0 saturated heterocycles. The summed E-state index contributed by atoms with van der Waals surface area (Å²) in [5.41, 5.74) is 0. The molecule has 0 bridgehead atoms. The zero-order valence-electron chi connectivity index (χ0n) is 16.1. The second kappa shape index (κ2) is 11.9. The smallest absolute Gasteiger partial charge is 0.307 e. The lowest BCUT2D eigenvalue weighted by atomic mass is 9.81. The fourth-order valence-electron chi connectivity index (χ4n) is 2.63. The van der Waals surface area contributed by atoms with E-state index < -0.39 is 35.6 Å². The molecule has 0 N–H and O–H groups in total. The Bertz CT molecular complexity index is 546. The van der Waals surface area contributed by atoms with Gasteiger partial charge in [0.05, 0.1) is 13.2 Å². The van der Waals surface area contributed by atoms with Crippen LogP contribution in [0.1, 0.15) is 39.5 Å². The van der Waals surface area contributed by atoms with Crippen molar-refractivity contribution >= 4 is 23.8 Å². The van der Waals surface area contributed by atoms with E-state index in [0.29, 0.717) is 36.1 Å². The van der Waals surface area contributed by atoms with Crippen molar-refractivity contribution in [2.45, 2.75) is 39.5 Å². The maximum Gasteiger partial charge on any atom is 0.358 e. The Labute approximate surface area is 163 Å². The van der Waals surface area contributed by atoms with Crippen molar-refractivity contribution < 1.29 is 38.5 Å². The Hall–Kier alpha value is -2.72. The molecule has 2 amide bonds. The van der Waals surface area contributed by atoms with Crippen molar-refractivity contribution in [3.8, 4) is 0 Å². The zero-order valence-corrected chi connectivity index (χ0v) is 16.1. The first-order valence-electron chi connectivity index (χ1n) is 9.00. The van der Waals surface area contributed by atoms with Crippen molar-refractivity contribution in [1.82, 2.24) is 10.5 Å². The molecule has 156 valence electrons.